The van der Waals surface area contributed by atoms with Crippen LogP contribution < -0.4 is 5.32 Å². The van der Waals surface area contributed by atoms with Gasteiger partial charge in [-0.1, -0.05) is 0 Å². The Morgan fingerprint density at radius 2 is 2.00 bits per heavy atom. The molecule has 1 aliphatic heterocycles. The quantitative estimate of drug-likeness (QED) is 0.672. The first-order chi connectivity index (χ1) is 9.06. The van der Waals surface area contributed by atoms with Crippen LogP contribution in [0.3, 0.4) is 0 Å². The topological polar surface area (TPSA) is 61.9 Å². The molecule has 1 aliphatic rings. The van der Waals surface area contributed by atoms with E-state index in [9.17, 15) is 9.59 Å². The van der Waals surface area contributed by atoms with E-state index in [0.29, 0.717) is 13.2 Å². The Kier molecular flexibility index (Phi) is 6.80. The molecular weight excluding hydrogens is 246 g/mol. The third-order valence-electron chi connectivity index (χ3n) is 3.39. The van der Waals surface area contributed by atoms with Gasteiger partial charge in [0.25, 0.3) is 0 Å². The molecule has 0 saturated carbocycles. The van der Waals surface area contributed by atoms with Gasteiger partial charge in [-0.2, -0.15) is 0 Å². The minimum absolute atomic E-state index is 0.0613. The van der Waals surface area contributed by atoms with Crippen molar-refractivity contribution in [2.75, 3.05) is 46.4 Å². The predicted octanol–water partition coefficient (Wildman–Crippen LogP) is -0.308. The molecule has 1 saturated heterocycles. The zero-order chi connectivity index (χ0) is 14.3. The van der Waals surface area contributed by atoms with Crippen molar-refractivity contribution in [2.45, 2.75) is 26.3 Å². The second kappa shape index (κ2) is 8.12. The van der Waals surface area contributed by atoms with Crippen molar-refractivity contribution >= 4 is 11.9 Å². The zero-order valence-corrected chi connectivity index (χ0v) is 12.1. The molecule has 1 atom stereocenters. The molecule has 0 aliphatic carbocycles. The van der Waals surface area contributed by atoms with Gasteiger partial charge < -0.3 is 15.0 Å². The fourth-order valence-corrected chi connectivity index (χ4v) is 2.15. The number of nitrogens with zero attached hydrogens (tertiary/aromatic N) is 2. The number of esters is 1. The summed E-state index contributed by atoms with van der Waals surface area (Å²) in [5, 5.41) is 3.26. The van der Waals surface area contributed by atoms with Gasteiger partial charge in [-0.15, -0.1) is 0 Å². The monoisotopic (exact) mass is 271 g/mol. The molecule has 1 unspecified atom stereocenters. The fraction of sp³-hybridized carbons (Fsp3) is 0.846. The van der Waals surface area contributed by atoms with Crippen LogP contribution in [0.4, 0.5) is 0 Å². The first-order valence-corrected chi connectivity index (χ1v) is 6.91. The summed E-state index contributed by atoms with van der Waals surface area (Å²) in [7, 11) is 1.74. The number of amides is 1. The lowest BCUT2D eigenvalue weighted by atomic mass is 10.2. The molecule has 0 aromatic rings. The van der Waals surface area contributed by atoms with Crippen LogP contribution in [0.15, 0.2) is 0 Å². The van der Waals surface area contributed by atoms with Crippen LogP contribution in [-0.4, -0.2) is 74.1 Å². The van der Waals surface area contributed by atoms with Crippen LogP contribution in [0.2, 0.25) is 0 Å². The Hall–Kier alpha value is -1.14. The second-order valence-corrected chi connectivity index (χ2v) is 4.78. The lowest BCUT2D eigenvalue weighted by Crippen LogP contribution is -2.53. The van der Waals surface area contributed by atoms with E-state index in [4.69, 9.17) is 4.74 Å². The molecule has 0 aromatic heterocycles. The van der Waals surface area contributed by atoms with E-state index >= 15 is 0 Å². The molecule has 0 radical (unpaired) electrons. The van der Waals surface area contributed by atoms with Gasteiger partial charge >= 0.3 is 5.97 Å². The summed E-state index contributed by atoms with van der Waals surface area (Å²) >= 11 is 0. The number of piperazine rings is 1. The lowest BCUT2D eigenvalue weighted by Gasteiger charge is -2.33. The Labute approximate surface area is 115 Å². The van der Waals surface area contributed by atoms with Crippen molar-refractivity contribution in [1.82, 2.24) is 15.1 Å². The zero-order valence-electron chi connectivity index (χ0n) is 12.1. The van der Waals surface area contributed by atoms with Crippen molar-refractivity contribution in [2.24, 2.45) is 0 Å². The van der Waals surface area contributed by atoms with Crippen LogP contribution in [-0.2, 0) is 14.3 Å². The van der Waals surface area contributed by atoms with E-state index in [-0.39, 0.29) is 24.3 Å². The molecule has 1 rings (SSSR count). The normalized spacial score (nSPS) is 17.8. The third kappa shape index (κ3) is 5.16. The minimum Gasteiger partial charge on any atom is -0.466 e. The first kappa shape index (κ1) is 15.9. The molecule has 6 nitrogen and oxygen atoms in total. The largest absolute Gasteiger partial charge is 0.466 e. The van der Waals surface area contributed by atoms with E-state index in [1.165, 1.54) is 0 Å². The summed E-state index contributed by atoms with van der Waals surface area (Å²) in [6.07, 6.45) is 0.254. The van der Waals surface area contributed by atoms with Crippen molar-refractivity contribution in [3.8, 4) is 0 Å². The number of rotatable bonds is 6. The Bertz CT molecular complexity index is 304. The molecule has 19 heavy (non-hydrogen) atoms. The number of hydrogen-bond donors (Lipinski definition) is 1. The first-order valence-electron chi connectivity index (χ1n) is 6.91. The van der Waals surface area contributed by atoms with Crippen LogP contribution in [0.1, 0.15) is 20.3 Å². The van der Waals surface area contributed by atoms with Gasteiger partial charge in [-0.05, 0) is 13.8 Å². The summed E-state index contributed by atoms with van der Waals surface area (Å²) in [4.78, 5) is 27.3. The van der Waals surface area contributed by atoms with Crippen LogP contribution in [0, 0.1) is 0 Å². The van der Waals surface area contributed by atoms with Crippen LogP contribution in [0.5, 0.6) is 0 Å². The number of hydrogen-bond acceptors (Lipinski definition) is 5. The summed E-state index contributed by atoms with van der Waals surface area (Å²) in [5.74, 6) is -0.192. The van der Waals surface area contributed by atoms with Gasteiger partial charge in [-0.25, -0.2) is 0 Å². The van der Waals surface area contributed by atoms with Gasteiger partial charge in [0.15, 0.2) is 0 Å². The number of likely N-dealkylation sites (N-methyl/N-ethyl adjacent to an activating group) is 1. The van der Waals surface area contributed by atoms with Gasteiger partial charge in [0.1, 0.15) is 0 Å². The fourth-order valence-electron chi connectivity index (χ4n) is 2.15. The summed E-state index contributed by atoms with van der Waals surface area (Å²) < 4.78 is 4.85. The highest BCUT2D eigenvalue weighted by Gasteiger charge is 2.25. The van der Waals surface area contributed by atoms with Gasteiger partial charge in [0, 0.05) is 39.8 Å². The van der Waals surface area contributed by atoms with Gasteiger partial charge in [0.2, 0.25) is 5.91 Å². The average molecular weight is 271 g/mol. The number of carbonyl (C=O) groups excluding carboxylic acids is 2. The molecule has 0 spiro atoms. The molecule has 1 heterocycles. The standard InChI is InChI=1S/C13H25N3O3/c1-4-19-12(17)5-8-15(3)13(18)11(2)16-9-6-14-7-10-16/h11,14H,4-10H2,1-3H3. The number of ether oxygens (including phenoxy) is 1. The summed E-state index contributed by atoms with van der Waals surface area (Å²) in [6.45, 7) is 8.11. The predicted molar refractivity (Wildman–Crippen MR) is 72.8 cm³/mol. The molecule has 0 bridgehead atoms. The van der Waals surface area contributed by atoms with Crippen molar-refractivity contribution in [3.05, 3.63) is 0 Å². The Balaban J connectivity index is 2.35. The molecular formula is C13H25N3O3. The van der Waals surface area contributed by atoms with E-state index in [1.54, 1.807) is 18.9 Å². The maximum absolute atomic E-state index is 12.2. The van der Waals surface area contributed by atoms with Gasteiger partial charge in [-0.3, -0.25) is 14.5 Å². The molecule has 0 aromatic carbocycles. The van der Waals surface area contributed by atoms with Crippen molar-refractivity contribution in [1.29, 1.82) is 0 Å². The number of nitrogens with one attached hydrogen (secondary N) is 1. The highest BCUT2D eigenvalue weighted by atomic mass is 16.5. The highest BCUT2D eigenvalue weighted by Crippen LogP contribution is 2.05. The smallest absolute Gasteiger partial charge is 0.307 e. The summed E-state index contributed by atoms with van der Waals surface area (Å²) in [6, 6.07) is -0.130. The Morgan fingerprint density at radius 1 is 1.37 bits per heavy atom. The lowest BCUT2D eigenvalue weighted by molar-refractivity contribution is -0.144. The molecule has 6 heteroatoms. The van der Waals surface area contributed by atoms with E-state index in [0.717, 1.165) is 26.2 Å². The number of carbonyl (C=O) groups is 2. The van der Waals surface area contributed by atoms with E-state index < -0.39 is 0 Å². The highest BCUT2D eigenvalue weighted by molar-refractivity contribution is 5.81. The van der Waals surface area contributed by atoms with Crippen molar-refractivity contribution in [3.63, 3.8) is 0 Å². The molecule has 1 amide bonds. The Morgan fingerprint density at radius 3 is 2.58 bits per heavy atom. The SMILES string of the molecule is CCOC(=O)CCN(C)C(=O)C(C)N1CCNCC1. The van der Waals surface area contributed by atoms with Crippen molar-refractivity contribution < 1.29 is 14.3 Å². The van der Waals surface area contributed by atoms with E-state index in [1.807, 2.05) is 6.92 Å². The molecule has 110 valence electrons. The average Bonchev–Trinajstić information content (AvgIpc) is 2.44. The van der Waals surface area contributed by atoms with Crippen LogP contribution in [0.25, 0.3) is 0 Å². The second-order valence-electron chi connectivity index (χ2n) is 4.78. The minimum atomic E-state index is -0.253. The molecule has 1 fully saturated rings. The summed E-state index contributed by atoms with van der Waals surface area (Å²) in [5.41, 5.74) is 0. The molecule has 1 N–H and O–H groups in total. The van der Waals surface area contributed by atoms with Crippen LogP contribution >= 0.6 is 0 Å². The van der Waals surface area contributed by atoms with Gasteiger partial charge in [0.05, 0.1) is 19.1 Å². The third-order valence-corrected chi connectivity index (χ3v) is 3.39. The maximum atomic E-state index is 12.2. The maximum Gasteiger partial charge on any atom is 0.307 e. The van der Waals surface area contributed by atoms with E-state index in [2.05, 4.69) is 10.2 Å².